The minimum absolute atomic E-state index is 0.0532. The highest BCUT2D eigenvalue weighted by Crippen LogP contribution is 2.31. The summed E-state index contributed by atoms with van der Waals surface area (Å²) in [6, 6.07) is 5.05. The molecule has 0 fully saturated rings. The van der Waals surface area contributed by atoms with Gasteiger partial charge in [-0.1, -0.05) is 0 Å². The molecule has 2 rings (SSSR count). The van der Waals surface area contributed by atoms with E-state index in [-0.39, 0.29) is 22.8 Å². The molecule has 1 aromatic carbocycles. The van der Waals surface area contributed by atoms with Crippen LogP contribution in [0.2, 0.25) is 0 Å². The van der Waals surface area contributed by atoms with Crippen molar-refractivity contribution in [3.8, 4) is 17.0 Å². The van der Waals surface area contributed by atoms with E-state index in [4.69, 9.17) is 4.74 Å². The lowest BCUT2D eigenvalue weighted by Gasteiger charge is -2.11. The van der Waals surface area contributed by atoms with Crippen LogP contribution in [0.15, 0.2) is 24.3 Å². The molecule has 4 nitrogen and oxygen atoms in total. The first kappa shape index (κ1) is 15.0. The van der Waals surface area contributed by atoms with E-state index < -0.39 is 17.8 Å². The number of methoxy groups -OCH3 is 1. The second-order valence-corrected chi connectivity index (χ2v) is 4.06. The van der Waals surface area contributed by atoms with Gasteiger partial charge < -0.3 is 10.1 Å². The van der Waals surface area contributed by atoms with E-state index in [1.54, 1.807) is 0 Å². The third-order valence-corrected chi connectivity index (χ3v) is 2.69. The van der Waals surface area contributed by atoms with Crippen molar-refractivity contribution in [3.63, 3.8) is 0 Å². The Morgan fingerprint density at radius 2 is 1.86 bits per heavy atom. The smallest absolute Gasteiger partial charge is 0.451 e. The Balaban J connectivity index is 2.58. The lowest BCUT2D eigenvalue weighted by molar-refractivity contribution is -0.144. The number of hydrogen-bond donors (Lipinski definition) is 1. The van der Waals surface area contributed by atoms with Crippen molar-refractivity contribution in [1.82, 2.24) is 9.97 Å². The average Bonchev–Trinajstić information content (AvgIpc) is 2.45. The highest BCUT2D eigenvalue weighted by molar-refractivity contribution is 5.64. The van der Waals surface area contributed by atoms with Crippen LogP contribution in [-0.4, -0.2) is 24.1 Å². The molecule has 0 radical (unpaired) electrons. The summed E-state index contributed by atoms with van der Waals surface area (Å²) in [5.41, 5.74) is -0.234. The summed E-state index contributed by atoms with van der Waals surface area (Å²) < 4.78 is 57.0. The Morgan fingerprint density at radius 3 is 2.38 bits per heavy atom. The number of ether oxygens (including phenoxy) is 1. The third kappa shape index (κ3) is 3.21. The fraction of sp³-hybridized carbons (Fsp3) is 0.231. The summed E-state index contributed by atoms with van der Waals surface area (Å²) in [5, 5.41) is 2.49. The summed E-state index contributed by atoms with van der Waals surface area (Å²) in [7, 11) is 2.77. The van der Waals surface area contributed by atoms with Crippen molar-refractivity contribution in [2.24, 2.45) is 0 Å². The van der Waals surface area contributed by atoms with E-state index in [0.717, 1.165) is 6.07 Å². The third-order valence-electron chi connectivity index (χ3n) is 2.69. The molecule has 0 bridgehead atoms. The average molecular weight is 301 g/mol. The normalized spacial score (nSPS) is 11.3. The van der Waals surface area contributed by atoms with Gasteiger partial charge in [0.2, 0.25) is 5.82 Å². The Kier molecular flexibility index (Phi) is 3.97. The molecular formula is C13H11F4N3O. The zero-order valence-corrected chi connectivity index (χ0v) is 11.1. The zero-order valence-electron chi connectivity index (χ0n) is 11.1. The van der Waals surface area contributed by atoms with Crippen LogP contribution in [-0.2, 0) is 6.18 Å². The predicted molar refractivity (Wildman–Crippen MR) is 68.5 cm³/mol. The molecule has 0 amide bonds. The minimum Gasteiger partial charge on any atom is -0.497 e. The van der Waals surface area contributed by atoms with Gasteiger partial charge in [-0.3, -0.25) is 0 Å². The topological polar surface area (TPSA) is 47.0 Å². The molecule has 0 aliphatic carbocycles. The van der Waals surface area contributed by atoms with Crippen LogP contribution in [0.1, 0.15) is 5.82 Å². The molecule has 1 heterocycles. The summed E-state index contributed by atoms with van der Waals surface area (Å²) in [4.78, 5) is 6.70. The first-order chi connectivity index (χ1) is 9.85. The Bertz CT molecular complexity index is 658. The van der Waals surface area contributed by atoms with Gasteiger partial charge in [0.1, 0.15) is 17.4 Å². The minimum atomic E-state index is -4.72. The molecule has 0 aliphatic rings. The molecule has 0 spiro atoms. The Morgan fingerprint density at radius 1 is 1.14 bits per heavy atom. The summed E-state index contributed by atoms with van der Waals surface area (Å²) in [6.07, 6.45) is -4.72. The van der Waals surface area contributed by atoms with Crippen molar-refractivity contribution >= 4 is 5.82 Å². The molecular weight excluding hydrogens is 290 g/mol. The maximum absolute atomic E-state index is 13.9. The molecule has 112 valence electrons. The van der Waals surface area contributed by atoms with E-state index in [1.807, 2.05) is 0 Å². The van der Waals surface area contributed by atoms with Gasteiger partial charge in [0, 0.05) is 24.7 Å². The molecule has 0 saturated carbocycles. The van der Waals surface area contributed by atoms with Gasteiger partial charge in [-0.2, -0.15) is 13.2 Å². The second-order valence-electron chi connectivity index (χ2n) is 4.06. The maximum Gasteiger partial charge on any atom is 0.451 e. The number of benzene rings is 1. The molecule has 0 saturated heterocycles. The van der Waals surface area contributed by atoms with E-state index >= 15 is 0 Å². The molecule has 1 aromatic heterocycles. The van der Waals surface area contributed by atoms with Gasteiger partial charge in [0.05, 0.1) is 12.8 Å². The number of halogens is 4. The van der Waals surface area contributed by atoms with Crippen LogP contribution >= 0.6 is 0 Å². The van der Waals surface area contributed by atoms with Crippen LogP contribution in [0.5, 0.6) is 5.75 Å². The van der Waals surface area contributed by atoms with Crippen LogP contribution in [0.4, 0.5) is 23.4 Å². The monoisotopic (exact) mass is 301 g/mol. The number of anilines is 1. The van der Waals surface area contributed by atoms with E-state index in [1.165, 1.54) is 32.4 Å². The first-order valence-corrected chi connectivity index (χ1v) is 5.83. The number of rotatable bonds is 3. The summed E-state index contributed by atoms with van der Waals surface area (Å²) in [5.74, 6) is -1.86. The highest BCUT2D eigenvalue weighted by Gasteiger charge is 2.35. The molecule has 0 aliphatic heterocycles. The van der Waals surface area contributed by atoms with Crippen LogP contribution in [0.3, 0.4) is 0 Å². The van der Waals surface area contributed by atoms with Gasteiger partial charge in [-0.05, 0) is 12.1 Å². The van der Waals surface area contributed by atoms with E-state index in [9.17, 15) is 17.6 Å². The van der Waals surface area contributed by atoms with Crippen molar-refractivity contribution in [3.05, 3.63) is 35.9 Å². The predicted octanol–water partition coefficient (Wildman–Crippen LogP) is 3.35. The lowest BCUT2D eigenvalue weighted by atomic mass is 10.1. The largest absolute Gasteiger partial charge is 0.497 e. The van der Waals surface area contributed by atoms with Crippen LogP contribution in [0.25, 0.3) is 11.3 Å². The Hall–Kier alpha value is -2.38. The highest BCUT2D eigenvalue weighted by atomic mass is 19.4. The number of hydrogen-bond acceptors (Lipinski definition) is 4. The molecule has 1 N–H and O–H groups in total. The van der Waals surface area contributed by atoms with E-state index in [2.05, 4.69) is 15.3 Å². The first-order valence-electron chi connectivity index (χ1n) is 5.83. The fourth-order valence-corrected chi connectivity index (χ4v) is 1.67. The van der Waals surface area contributed by atoms with Crippen molar-refractivity contribution in [2.75, 3.05) is 19.5 Å². The summed E-state index contributed by atoms with van der Waals surface area (Å²) in [6.45, 7) is 0. The van der Waals surface area contributed by atoms with E-state index in [0.29, 0.717) is 0 Å². The standard InChI is InChI=1S/C13H11F4N3O/c1-18-11-6-10(19-12(20-11)13(15,16)17)8-4-3-7(21-2)5-9(8)14/h3-6H,1-2H3,(H,18,19,20). The van der Waals surface area contributed by atoms with Crippen molar-refractivity contribution in [2.45, 2.75) is 6.18 Å². The number of alkyl halides is 3. The molecule has 0 unspecified atom stereocenters. The SMILES string of the molecule is CNc1cc(-c2ccc(OC)cc2F)nc(C(F)(F)F)n1. The summed E-state index contributed by atoms with van der Waals surface area (Å²) >= 11 is 0. The van der Waals surface area contributed by atoms with Crippen LogP contribution in [0, 0.1) is 5.82 Å². The quantitative estimate of drug-likeness (QED) is 0.883. The van der Waals surface area contributed by atoms with Crippen molar-refractivity contribution < 1.29 is 22.3 Å². The Labute approximate surface area is 117 Å². The molecule has 0 atom stereocenters. The molecule has 21 heavy (non-hydrogen) atoms. The second kappa shape index (κ2) is 5.55. The van der Waals surface area contributed by atoms with Crippen molar-refractivity contribution in [1.29, 1.82) is 0 Å². The van der Waals surface area contributed by atoms with Crippen LogP contribution < -0.4 is 10.1 Å². The van der Waals surface area contributed by atoms with Gasteiger partial charge in [0.15, 0.2) is 0 Å². The number of aromatic nitrogens is 2. The fourth-order valence-electron chi connectivity index (χ4n) is 1.67. The number of nitrogens with one attached hydrogen (secondary N) is 1. The van der Waals surface area contributed by atoms with Gasteiger partial charge in [-0.25, -0.2) is 14.4 Å². The van der Waals surface area contributed by atoms with Gasteiger partial charge in [-0.15, -0.1) is 0 Å². The van der Waals surface area contributed by atoms with Gasteiger partial charge >= 0.3 is 6.18 Å². The lowest BCUT2D eigenvalue weighted by Crippen LogP contribution is -2.13. The van der Waals surface area contributed by atoms with Gasteiger partial charge in [0.25, 0.3) is 0 Å². The maximum atomic E-state index is 13.9. The number of nitrogens with zero attached hydrogens (tertiary/aromatic N) is 2. The zero-order chi connectivity index (χ0) is 15.6. The molecule has 2 aromatic rings. The molecule has 8 heteroatoms.